The number of unbranched alkanes of at least 4 members (excludes halogenated alkanes) is 1. The highest BCUT2D eigenvalue weighted by Crippen LogP contribution is 2.27. The van der Waals surface area contributed by atoms with Crippen molar-refractivity contribution in [1.82, 2.24) is 5.32 Å². The predicted octanol–water partition coefficient (Wildman–Crippen LogP) is 2.78. The SMILES string of the molecule is CC[C@H](C)[C@@H]1NC(=O)c2cc(N)ccc2NCc2ccc(C(N)=O)cc2NC(=O)[C@H](CCCCN)CC1=O. The first kappa shape index (κ1) is 28.6. The van der Waals surface area contributed by atoms with Gasteiger partial charge in [0.2, 0.25) is 11.8 Å². The molecule has 0 bridgehead atoms. The van der Waals surface area contributed by atoms with Crippen molar-refractivity contribution >= 4 is 40.6 Å². The quantitative estimate of drug-likeness (QED) is 0.239. The third-order valence-electron chi connectivity index (χ3n) is 7.08. The van der Waals surface area contributed by atoms with Gasteiger partial charge < -0.3 is 33.2 Å². The molecule has 2 aromatic rings. The predicted molar refractivity (Wildman–Crippen MR) is 148 cm³/mol. The van der Waals surface area contributed by atoms with Crippen molar-refractivity contribution < 1.29 is 19.2 Å². The normalized spacial score (nSPS) is 19.2. The highest BCUT2D eigenvalue weighted by molar-refractivity contribution is 6.04. The Morgan fingerprint density at radius 1 is 1.08 bits per heavy atom. The molecule has 9 N–H and O–H groups in total. The van der Waals surface area contributed by atoms with Crippen LogP contribution in [0.15, 0.2) is 36.4 Å². The van der Waals surface area contributed by atoms with Gasteiger partial charge in [0.1, 0.15) is 0 Å². The van der Waals surface area contributed by atoms with Crippen molar-refractivity contribution in [3.63, 3.8) is 0 Å². The van der Waals surface area contributed by atoms with Gasteiger partial charge in [-0.15, -0.1) is 0 Å². The number of primary amides is 1. The van der Waals surface area contributed by atoms with Gasteiger partial charge in [-0.05, 0) is 61.2 Å². The second-order valence-corrected chi connectivity index (χ2v) is 9.87. The van der Waals surface area contributed by atoms with Gasteiger partial charge in [-0.1, -0.05) is 32.8 Å². The fourth-order valence-corrected chi connectivity index (χ4v) is 4.55. The van der Waals surface area contributed by atoms with Gasteiger partial charge in [-0.25, -0.2) is 0 Å². The third kappa shape index (κ3) is 7.10. The molecule has 3 amide bonds. The maximum absolute atomic E-state index is 13.6. The van der Waals surface area contributed by atoms with Crippen molar-refractivity contribution in [1.29, 1.82) is 0 Å². The lowest BCUT2D eigenvalue weighted by atomic mass is 9.87. The van der Waals surface area contributed by atoms with Crippen molar-refractivity contribution in [2.45, 2.75) is 58.5 Å². The molecule has 0 unspecified atom stereocenters. The van der Waals surface area contributed by atoms with Gasteiger partial charge in [0.15, 0.2) is 5.78 Å². The van der Waals surface area contributed by atoms with E-state index in [1.165, 1.54) is 6.07 Å². The monoisotopic (exact) mass is 522 g/mol. The summed E-state index contributed by atoms with van der Waals surface area (Å²) >= 11 is 0. The molecule has 10 heteroatoms. The number of Topliss-reactive ketones (excluding diaryl/α,β-unsaturated/α-hetero) is 1. The van der Waals surface area contributed by atoms with Crippen LogP contribution in [-0.4, -0.2) is 36.1 Å². The Bertz CT molecular complexity index is 1200. The summed E-state index contributed by atoms with van der Waals surface area (Å²) in [5.74, 6) is -2.40. The summed E-state index contributed by atoms with van der Waals surface area (Å²) in [6.45, 7) is 4.56. The number of hydrogen-bond acceptors (Lipinski definition) is 7. The lowest BCUT2D eigenvalue weighted by Gasteiger charge is -2.27. The largest absolute Gasteiger partial charge is 0.399 e. The van der Waals surface area contributed by atoms with Gasteiger partial charge in [0.25, 0.3) is 5.91 Å². The van der Waals surface area contributed by atoms with E-state index in [1.807, 2.05) is 13.8 Å². The topological polar surface area (TPSA) is 182 Å². The maximum Gasteiger partial charge on any atom is 0.254 e. The fourth-order valence-electron chi connectivity index (χ4n) is 4.55. The van der Waals surface area contributed by atoms with Crippen LogP contribution in [0, 0.1) is 11.8 Å². The van der Waals surface area contributed by atoms with E-state index in [0.29, 0.717) is 60.4 Å². The Hall–Kier alpha value is -3.92. The van der Waals surface area contributed by atoms with Crippen LogP contribution in [-0.2, 0) is 16.1 Å². The van der Waals surface area contributed by atoms with Crippen LogP contribution >= 0.6 is 0 Å². The van der Waals surface area contributed by atoms with Gasteiger partial charge in [-0.3, -0.25) is 19.2 Å². The van der Waals surface area contributed by atoms with E-state index in [1.54, 1.807) is 30.3 Å². The van der Waals surface area contributed by atoms with Crippen LogP contribution in [0.3, 0.4) is 0 Å². The molecule has 0 aromatic heterocycles. The first-order valence-electron chi connectivity index (χ1n) is 13.0. The molecule has 3 atom stereocenters. The summed E-state index contributed by atoms with van der Waals surface area (Å²) < 4.78 is 0. The van der Waals surface area contributed by atoms with Crippen LogP contribution in [0.1, 0.15) is 72.2 Å². The average Bonchev–Trinajstić information content (AvgIpc) is 2.89. The lowest BCUT2D eigenvalue weighted by molar-refractivity contribution is -0.128. The van der Waals surface area contributed by atoms with Crippen molar-refractivity contribution in [3.05, 3.63) is 53.1 Å². The zero-order valence-corrected chi connectivity index (χ0v) is 22.0. The minimum atomic E-state index is -0.775. The number of carbonyl (C=O) groups excluding carboxylic acids is 4. The second kappa shape index (κ2) is 13.0. The van der Waals surface area contributed by atoms with Gasteiger partial charge in [0.05, 0.1) is 11.6 Å². The van der Waals surface area contributed by atoms with Gasteiger partial charge >= 0.3 is 0 Å². The number of carbonyl (C=O) groups is 4. The lowest BCUT2D eigenvalue weighted by Crippen LogP contribution is -2.46. The first-order valence-corrected chi connectivity index (χ1v) is 13.0. The van der Waals surface area contributed by atoms with Crippen LogP contribution in [0.25, 0.3) is 0 Å². The van der Waals surface area contributed by atoms with Gasteiger partial charge in [0, 0.05) is 41.5 Å². The molecule has 0 fully saturated rings. The number of amides is 3. The van der Waals surface area contributed by atoms with E-state index in [9.17, 15) is 19.2 Å². The number of nitrogens with two attached hydrogens (primary N) is 3. The molecule has 0 spiro atoms. The number of hydrogen-bond donors (Lipinski definition) is 6. The zero-order chi connectivity index (χ0) is 27.8. The highest BCUT2D eigenvalue weighted by atomic mass is 16.2. The smallest absolute Gasteiger partial charge is 0.254 e. The molecule has 1 heterocycles. The van der Waals surface area contributed by atoms with Crippen molar-refractivity contribution in [2.75, 3.05) is 22.9 Å². The Kier molecular flexibility index (Phi) is 9.84. The molecule has 1 aliphatic rings. The molecule has 0 saturated heterocycles. The van der Waals surface area contributed by atoms with Gasteiger partial charge in [-0.2, -0.15) is 0 Å². The summed E-state index contributed by atoms with van der Waals surface area (Å²) in [5.41, 5.74) is 19.7. The fraction of sp³-hybridized carbons (Fsp3) is 0.429. The highest BCUT2D eigenvalue weighted by Gasteiger charge is 2.31. The molecular weight excluding hydrogens is 484 g/mol. The number of ketones is 1. The number of nitrogens with one attached hydrogen (secondary N) is 3. The molecular formula is C28H38N6O4. The molecule has 1 aliphatic heterocycles. The first-order chi connectivity index (χ1) is 18.1. The summed E-state index contributed by atoms with van der Waals surface area (Å²) in [4.78, 5) is 52.3. The van der Waals surface area contributed by atoms with E-state index < -0.39 is 23.8 Å². The zero-order valence-electron chi connectivity index (χ0n) is 22.0. The average molecular weight is 523 g/mol. The molecule has 0 saturated carbocycles. The Morgan fingerprint density at radius 3 is 2.53 bits per heavy atom. The van der Waals surface area contributed by atoms with E-state index in [2.05, 4.69) is 16.0 Å². The minimum Gasteiger partial charge on any atom is -0.399 e. The van der Waals surface area contributed by atoms with Crippen LogP contribution in [0.4, 0.5) is 17.1 Å². The van der Waals surface area contributed by atoms with E-state index in [4.69, 9.17) is 17.2 Å². The summed E-state index contributed by atoms with van der Waals surface area (Å²) in [6.07, 6.45) is 2.46. The van der Waals surface area contributed by atoms with E-state index in [-0.39, 0.29) is 36.1 Å². The molecule has 204 valence electrons. The van der Waals surface area contributed by atoms with E-state index in [0.717, 1.165) is 0 Å². The van der Waals surface area contributed by atoms with Crippen LogP contribution in [0.5, 0.6) is 0 Å². The molecule has 0 radical (unpaired) electrons. The summed E-state index contributed by atoms with van der Waals surface area (Å²) in [5, 5.41) is 9.07. The third-order valence-corrected chi connectivity index (χ3v) is 7.08. The number of benzene rings is 2. The molecule has 3 rings (SSSR count). The number of fused-ring (bicyclic) bond motifs is 2. The number of rotatable bonds is 7. The second-order valence-electron chi connectivity index (χ2n) is 9.87. The van der Waals surface area contributed by atoms with Crippen molar-refractivity contribution in [3.8, 4) is 0 Å². The standard InChI is InChI=1S/C28H38N6O4/c1-3-16(2)25-24(35)13-18(6-4-5-11-29)27(37)33-23-12-17(26(31)36)7-8-19(23)15-32-22-10-9-20(30)14-21(22)28(38)34-25/h7-10,12,14,16,18,25,32H,3-6,11,13,15,29-30H2,1-2H3,(H2,31,36)(H,33,37)(H,34,38)/t16-,18+,25-/m0/s1. The van der Waals surface area contributed by atoms with Crippen molar-refractivity contribution in [2.24, 2.45) is 23.3 Å². The number of nitrogen functional groups attached to an aromatic ring is 1. The van der Waals surface area contributed by atoms with E-state index >= 15 is 0 Å². The van der Waals surface area contributed by atoms with Crippen LogP contribution in [0.2, 0.25) is 0 Å². The maximum atomic E-state index is 13.6. The Morgan fingerprint density at radius 2 is 1.84 bits per heavy atom. The number of anilines is 3. The summed E-state index contributed by atoms with van der Waals surface area (Å²) in [7, 11) is 0. The molecule has 2 aromatic carbocycles. The van der Waals surface area contributed by atoms with Crippen LogP contribution < -0.4 is 33.2 Å². The summed E-state index contributed by atoms with van der Waals surface area (Å²) in [6, 6.07) is 8.95. The Labute approximate surface area is 223 Å². The molecule has 10 nitrogen and oxygen atoms in total. The minimum absolute atomic E-state index is 0.0431. The Balaban J connectivity index is 2.09. The molecule has 0 aliphatic carbocycles. The molecule has 38 heavy (non-hydrogen) atoms.